The van der Waals surface area contributed by atoms with Crippen LogP contribution < -0.4 is 15.8 Å². The fraction of sp³-hybridized carbons (Fsp3) is 0.636. The van der Waals surface area contributed by atoms with Gasteiger partial charge in [-0.05, 0) is 61.4 Å². The highest BCUT2D eigenvalue weighted by molar-refractivity contribution is 5.93. The van der Waals surface area contributed by atoms with Crippen LogP contribution >= 0.6 is 0 Å². The highest BCUT2D eigenvalue weighted by Crippen LogP contribution is 2.20. The monoisotopic (exact) mass is 385 g/mol. The van der Waals surface area contributed by atoms with Crippen molar-refractivity contribution < 1.29 is 4.74 Å². The summed E-state index contributed by atoms with van der Waals surface area (Å²) in [4.78, 5) is 7.26. The minimum Gasteiger partial charge on any atom is -0.494 e. The minimum absolute atomic E-state index is 0.0184. The van der Waals surface area contributed by atoms with Crippen LogP contribution in [0.1, 0.15) is 46.5 Å². The second-order valence-corrected chi connectivity index (χ2v) is 8.46. The van der Waals surface area contributed by atoms with Gasteiger partial charge in [0.2, 0.25) is 0 Å². The Bertz CT molecular complexity index is 662. The van der Waals surface area contributed by atoms with Crippen molar-refractivity contribution in [3.8, 4) is 11.8 Å². The number of hydrogen-bond acceptors (Lipinski definition) is 4. The summed E-state index contributed by atoms with van der Waals surface area (Å²) in [6.45, 7) is 10.5. The number of nitrogens with one attached hydrogen (secondary N) is 1. The lowest BCUT2D eigenvalue weighted by molar-refractivity contribution is 0.270. The van der Waals surface area contributed by atoms with Gasteiger partial charge in [0.1, 0.15) is 5.75 Å². The van der Waals surface area contributed by atoms with Crippen molar-refractivity contribution in [2.45, 2.75) is 46.5 Å². The number of unbranched alkanes of at least 4 members (excludes halogenated alkanes) is 1. The maximum Gasteiger partial charge on any atom is 0.198 e. The standard InChI is InChI=1S/C22H35N5O/c1-18-7-6-13-27(15-18)21(25-17-22(2,3)16-24)26-19-8-10-20(11-9-19)28-14-5-4-12-23/h8-11,18H,4-7,13-17,24H2,1-3H3,(H,25,26). The molecule has 0 radical (unpaired) electrons. The number of hydrogen-bond donors (Lipinski definition) is 2. The molecule has 0 amide bonds. The molecule has 1 atom stereocenters. The molecule has 1 heterocycles. The fourth-order valence-corrected chi connectivity index (χ4v) is 3.06. The number of ether oxygens (including phenoxy) is 1. The second-order valence-electron chi connectivity index (χ2n) is 8.46. The number of rotatable bonds is 8. The number of aliphatic imine (C=N–C) groups is 1. The number of guanidine groups is 1. The first-order chi connectivity index (χ1) is 13.4. The third-order valence-electron chi connectivity index (χ3n) is 4.98. The Morgan fingerprint density at radius 1 is 1.39 bits per heavy atom. The van der Waals surface area contributed by atoms with E-state index in [1.54, 1.807) is 0 Å². The first kappa shape index (κ1) is 22.0. The molecule has 1 aliphatic heterocycles. The number of nitrogens with two attached hydrogens (primary N) is 1. The zero-order valence-electron chi connectivity index (χ0n) is 17.6. The van der Waals surface area contributed by atoms with Gasteiger partial charge in [-0.3, -0.25) is 4.99 Å². The zero-order valence-corrected chi connectivity index (χ0v) is 17.6. The predicted molar refractivity (Wildman–Crippen MR) is 116 cm³/mol. The first-order valence-corrected chi connectivity index (χ1v) is 10.3. The SMILES string of the molecule is CC1CCCN(C(=NCC(C)(C)CN)Nc2ccc(OCCCC#N)cc2)C1. The van der Waals surface area contributed by atoms with E-state index in [1.807, 2.05) is 24.3 Å². The topological polar surface area (TPSA) is 86.7 Å². The average Bonchev–Trinajstić information content (AvgIpc) is 2.69. The summed E-state index contributed by atoms with van der Waals surface area (Å²) in [5.74, 6) is 2.42. The molecule has 2 rings (SSSR count). The molecule has 1 aromatic carbocycles. The highest BCUT2D eigenvalue weighted by Gasteiger charge is 2.21. The van der Waals surface area contributed by atoms with Crippen LogP contribution in [0, 0.1) is 22.7 Å². The highest BCUT2D eigenvalue weighted by atomic mass is 16.5. The summed E-state index contributed by atoms with van der Waals surface area (Å²) in [5, 5.41) is 12.1. The number of piperidine rings is 1. The lowest BCUT2D eigenvalue weighted by atomic mass is 9.94. The van der Waals surface area contributed by atoms with Crippen molar-refractivity contribution in [3.05, 3.63) is 24.3 Å². The Balaban J connectivity index is 2.04. The van der Waals surface area contributed by atoms with E-state index in [0.29, 0.717) is 32.0 Å². The van der Waals surface area contributed by atoms with Crippen molar-refractivity contribution in [3.63, 3.8) is 0 Å². The van der Waals surface area contributed by atoms with E-state index in [-0.39, 0.29) is 5.41 Å². The molecule has 0 bridgehead atoms. The van der Waals surface area contributed by atoms with Gasteiger partial charge in [0.05, 0.1) is 12.7 Å². The van der Waals surface area contributed by atoms with E-state index < -0.39 is 0 Å². The Morgan fingerprint density at radius 3 is 2.79 bits per heavy atom. The van der Waals surface area contributed by atoms with Crippen molar-refractivity contribution in [1.29, 1.82) is 5.26 Å². The summed E-state index contributed by atoms with van der Waals surface area (Å²) in [7, 11) is 0. The molecule has 0 saturated carbocycles. The van der Waals surface area contributed by atoms with Crippen molar-refractivity contribution in [1.82, 2.24) is 4.90 Å². The molecule has 6 heteroatoms. The van der Waals surface area contributed by atoms with E-state index in [9.17, 15) is 0 Å². The van der Waals surface area contributed by atoms with Gasteiger partial charge in [0, 0.05) is 31.7 Å². The molecule has 3 N–H and O–H groups in total. The molecule has 154 valence electrons. The maximum absolute atomic E-state index is 8.58. The minimum atomic E-state index is -0.0184. The van der Waals surface area contributed by atoms with Crippen LogP contribution in [0.2, 0.25) is 0 Å². The molecule has 0 aliphatic carbocycles. The normalized spacial score (nSPS) is 17.9. The van der Waals surface area contributed by atoms with Crippen LogP contribution in [-0.4, -0.2) is 43.6 Å². The van der Waals surface area contributed by atoms with Crippen molar-refractivity contribution in [2.24, 2.45) is 22.1 Å². The Morgan fingerprint density at radius 2 is 2.14 bits per heavy atom. The Labute approximate surface area is 169 Å². The zero-order chi connectivity index (χ0) is 20.4. The smallest absolute Gasteiger partial charge is 0.198 e. The quantitative estimate of drug-likeness (QED) is 0.403. The molecule has 6 nitrogen and oxygen atoms in total. The molecule has 1 aliphatic rings. The third-order valence-corrected chi connectivity index (χ3v) is 4.98. The summed E-state index contributed by atoms with van der Waals surface area (Å²) in [5.41, 5.74) is 6.86. The molecule has 0 spiro atoms. The third kappa shape index (κ3) is 7.40. The molecule has 28 heavy (non-hydrogen) atoms. The summed E-state index contributed by atoms with van der Waals surface area (Å²) in [6, 6.07) is 10.1. The average molecular weight is 386 g/mol. The number of nitrogens with zero attached hydrogens (tertiary/aromatic N) is 3. The van der Waals surface area contributed by atoms with Gasteiger partial charge in [-0.15, -0.1) is 0 Å². The molecule has 1 saturated heterocycles. The molecular weight excluding hydrogens is 350 g/mol. The maximum atomic E-state index is 8.58. The Kier molecular flexibility index (Phi) is 8.59. The van der Waals surface area contributed by atoms with Gasteiger partial charge in [0.25, 0.3) is 0 Å². The molecule has 1 aromatic rings. The molecule has 1 unspecified atom stereocenters. The van der Waals surface area contributed by atoms with Crippen LogP contribution in [0.25, 0.3) is 0 Å². The van der Waals surface area contributed by atoms with E-state index in [4.69, 9.17) is 20.7 Å². The number of anilines is 1. The van der Waals surface area contributed by atoms with Gasteiger partial charge in [0.15, 0.2) is 5.96 Å². The molecular formula is C22H35N5O. The molecule has 0 aromatic heterocycles. The number of likely N-dealkylation sites (tertiary alicyclic amines) is 1. The van der Waals surface area contributed by atoms with Gasteiger partial charge in [-0.25, -0.2) is 0 Å². The van der Waals surface area contributed by atoms with Crippen molar-refractivity contribution in [2.75, 3.05) is 38.1 Å². The number of nitriles is 1. The van der Waals surface area contributed by atoms with Crippen LogP contribution in [-0.2, 0) is 0 Å². The van der Waals surface area contributed by atoms with Crippen LogP contribution in [0.5, 0.6) is 5.75 Å². The van der Waals surface area contributed by atoms with Crippen molar-refractivity contribution >= 4 is 11.6 Å². The summed E-state index contributed by atoms with van der Waals surface area (Å²) < 4.78 is 5.67. The molecule has 1 fully saturated rings. The van der Waals surface area contributed by atoms with Crippen LogP contribution in [0.3, 0.4) is 0 Å². The van der Waals surface area contributed by atoms with E-state index in [0.717, 1.165) is 36.9 Å². The first-order valence-electron chi connectivity index (χ1n) is 10.3. The lowest BCUT2D eigenvalue weighted by Gasteiger charge is -2.34. The van der Waals surface area contributed by atoms with Crippen LogP contribution in [0.15, 0.2) is 29.3 Å². The Hall–Kier alpha value is -2.26. The van der Waals surface area contributed by atoms with E-state index >= 15 is 0 Å². The van der Waals surface area contributed by atoms with Gasteiger partial charge >= 0.3 is 0 Å². The van der Waals surface area contributed by atoms with Gasteiger partial charge < -0.3 is 20.7 Å². The van der Waals surface area contributed by atoms with Gasteiger partial charge in [-0.2, -0.15) is 5.26 Å². The predicted octanol–water partition coefficient (Wildman–Crippen LogP) is 3.85. The lowest BCUT2D eigenvalue weighted by Crippen LogP contribution is -2.43. The van der Waals surface area contributed by atoms with Crippen LogP contribution in [0.4, 0.5) is 5.69 Å². The van der Waals surface area contributed by atoms with Gasteiger partial charge in [-0.1, -0.05) is 20.8 Å². The summed E-state index contributed by atoms with van der Waals surface area (Å²) >= 11 is 0. The van der Waals surface area contributed by atoms with E-state index in [2.05, 4.69) is 37.1 Å². The fourth-order valence-electron chi connectivity index (χ4n) is 3.06. The largest absolute Gasteiger partial charge is 0.494 e. The second kappa shape index (κ2) is 10.9. The summed E-state index contributed by atoms with van der Waals surface area (Å²) in [6.07, 6.45) is 3.73. The van der Waals surface area contributed by atoms with E-state index in [1.165, 1.54) is 12.8 Å². The number of benzene rings is 1.